The molecule has 0 saturated carbocycles. The van der Waals surface area contributed by atoms with Gasteiger partial charge in [0, 0.05) is 9.35 Å². The molecule has 4 nitrogen and oxygen atoms in total. The average molecular weight is 386 g/mol. The van der Waals surface area contributed by atoms with E-state index in [9.17, 15) is 14.0 Å². The van der Waals surface area contributed by atoms with E-state index in [-0.39, 0.29) is 6.42 Å². The number of carbonyl (C=O) groups excluding carboxylic acids is 2. The predicted octanol–water partition coefficient (Wildman–Crippen LogP) is 3.68. The van der Waals surface area contributed by atoms with E-state index in [2.05, 4.69) is 26.0 Å². The van der Waals surface area contributed by atoms with Crippen molar-refractivity contribution in [3.05, 3.63) is 56.4 Å². The zero-order valence-corrected chi connectivity index (χ0v) is 14.0. The lowest BCUT2D eigenvalue weighted by Crippen LogP contribution is -2.30. The second kappa shape index (κ2) is 7.51. The number of amides is 1. The molecule has 1 aromatic carbocycles. The van der Waals surface area contributed by atoms with Crippen molar-refractivity contribution in [1.29, 1.82) is 0 Å². The Bertz CT molecular complexity index is 675. The first-order chi connectivity index (χ1) is 10.5. The van der Waals surface area contributed by atoms with Crippen LogP contribution in [-0.2, 0) is 9.53 Å². The fourth-order valence-electron chi connectivity index (χ4n) is 1.87. The van der Waals surface area contributed by atoms with E-state index in [1.54, 1.807) is 0 Å². The lowest BCUT2D eigenvalue weighted by Gasteiger charge is -2.17. The van der Waals surface area contributed by atoms with Crippen molar-refractivity contribution >= 4 is 39.1 Å². The third-order valence-corrected chi connectivity index (χ3v) is 4.61. The molecule has 0 spiro atoms. The third kappa shape index (κ3) is 4.14. The van der Waals surface area contributed by atoms with E-state index < -0.39 is 23.7 Å². The predicted molar refractivity (Wildman–Crippen MR) is 85.3 cm³/mol. The van der Waals surface area contributed by atoms with E-state index in [0.717, 1.165) is 4.88 Å². The Balaban J connectivity index is 2.19. The highest BCUT2D eigenvalue weighted by Crippen LogP contribution is 2.24. The van der Waals surface area contributed by atoms with Crippen LogP contribution in [0, 0.1) is 5.82 Å². The van der Waals surface area contributed by atoms with Gasteiger partial charge in [0.1, 0.15) is 5.82 Å². The van der Waals surface area contributed by atoms with Crippen molar-refractivity contribution < 1.29 is 18.7 Å². The van der Waals surface area contributed by atoms with Gasteiger partial charge in [-0.05, 0) is 45.6 Å². The number of nitrogens with one attached hydrogen (secondary N) is 1. The molecule has 0 aliphatic carbocycles. The van der Waals surface area contributed by atoms with Crippen LogP contribution in [0.1, 0.15) is 27.7 Å². The summed E-state index contributed by atoms with van der Waals surface area (Å²) >= 11 is 4.59. The molecule has 0 fully saturated rings. The largest absolute Gasteiger partial charge is 0.469 e. The van der Waals surface area contributed by atoms with Crippen LogP contribution in [0.25, 0.3) is 0 Å². The van der Waals surface area contributed by atoms with Crippen LogP contribution in [0.3, 0.4) is 0 Å². The molecule has 0 unspecified atom stereocenters. The maximum atomic E-state index is 13.1. The molecule has 0 radical (unpaired) electrons. The Morgan fingerprint density at radius 2 is 2.18 bits per heavy atom. The van der Waals surface area contributed by atoms with Crippen LogP contribution in [0.2, 0.25) is 0 Å². The van der Waals surface area contributed by atoms with E-state index >= 15 is 0 Å². The Morgan fingerprint density at radius 1 is 1.41 bits per heavy atom. The van der Waals surface area contributed by atoms with Crippen LogP contribution in [-0.4, -0.2) is 19.0 Å². The van der Waals surface area contributed by atoms with Gasteiger partial charge in [-0.2, -0.15) is 0 Å². The number of benzene rings is 1. The van der Waals surface area contributed by atoms with Gasteiger partial charge in [0.25, 0.3) is 5.91 Å². The lowest BCUT2D eigenvalue weighted by atomic mass is 10.1. The SMILES string of the molecule is COC(=O)C[C@@H](NC(=O)c1ccc(F)cc1Br)c1cccs1. The van der Waals surface area contributed by atoms with Crippen molar-refractivity contribution in [3.63, 3.8) is 0 Å². The van der Waals surface area contributed by atoms with E-state index in [1.807, 2.05) is 17.5 Å². The molecule has 0 bridgehead atoms. The van der Waals surface area contributed by atoms with Crippen LogP contribution in [0.15, 0.2) is 40.2 Å². The summed E-state index contributed by atoms with van der Waals surface area (Å²) in [7, 11) is 1.30. The molecule has 0 aliphatic heterocycles. The fraction of sp³-hybridized carbons (Fsp3) is 0.200. The van der Waals surface area contributed by atoms with Crippen LogP contribution >= 0.6 is 27.3 Å². The van der Waals surface area contributed by atoms with Gasteiger partial charge >= 0.3 is 5.97 Å². The third-order valence-electron chi connectivity index (χ3n) is 2.97. The Hall–Kier alpha value is -1.73. The summed E-state index contributed by atoms with van der Waals surface area (Å²) < 4.78 is 18.1. The first-order valence-corrected chi connectivity index (χ1v) is 8.04. The van der Waals surface area contributed by atoms with Crippen molar-refractivity contribution in [1.82, 2.24) is 5.32 Å². The Labute approximate surface area is 139 Å². The smallest absolute Gasteiger partial charge is 0.307 e. The molecule has 116 valence electrons. The van der Waals surface area contributed by atoms with Crippen LogP contribution in [0.4, 0.5) is 4.39 Å². The summed E-state index contributed by atoms with van der Waals surface area (Å²) in [5.41, 5.74) is 0.299. The molecule has 1 amide bonds. The van der Waals surface area contributed by atoms with Gasteiger partial charge in [0.05, 0.1) is 25.1 Å². The minimum Gasteiger partial charge on any atom is -0.469 e. The van der Waals surface area contributed by atoms with Crippen molar-refractivity contribution in [2.45, 2.75) is 12.5 Å². The van der Waals surface area contributed by atoms with E-state index in [1.165, 1.54) is 36.6 Å². The minimum absolute atomic E-state index is 0.0293. The van der Waals surface area contributed by atoms with Crippen molar-refractivity contribution in [2.24, 2.45) is 0 Å². The number of carbonyl (C=O) groups is 2. The van der Waals surface area contributed by atoms with Gasteiger partial charge < -0.3 is 10.1 Å². The molecular formula is C15H13BrFNO3S. The normalized spacial score (nSPS) is 11.8. The van der Waals surface area contributed by atoms with Crippen molar-refractivity contribution in [2.75, 3.05) is 7.11 Å². The second-order valence-corrected chi connectivity index (χ2v) is 6.28. The number of ether oxygens (including phenoxy) is 1. The molecule has 1 heterocycles. The number of esters is 1. The molecule has 1 aromatic heterocycles. The monoisotopic (exact) mass is 385 g/mol. The summed E-state index contributed by atoms with van der Waals surface area (Å²) in [4.78, 5) is 24.7. The fourth-order valence-corrected chi connectivity index (χ4v) is 3.18. The molecule has 1 N–H and O–H groups in total. The first kappa shape index (κ1) is 16.6. The molecular weight excluding hydrogens is 373 g/mol. The summed E-state index contributed by atoms with van der Waals surface area (Å²) in [6.07, 6.45) is 0.0293. The standard InChI is InChI=1S/C15H13BrFNO3S/c1-21-14(19)8-12(13-3-2-6-22-13)18-15(20)10-5-4-9(17)7-11(10)16/h2-7,12H,8H2,1H3,(H,18,20)/t12-/m1/s1. The topological polar surface area (TPSA) is 55.4 Å². The summed E-state index contributed by atoms with van der Waals surface area (Å²) in [5.74, 6) is -1.25. The summed E-state index contributed by atoms with van der Waals surface area (Å²) in [6.45, 7) is 0. The highest BCUT2D eigenvalue weighted by atomic mass is 79.9. The van der Waals surface area contributed by atoms with Gasteiger partial charge in [-0.3, -0.25) is 9.59 Å². The number of methoxy groups -OCH3 is 1. The molecule has 7 heteroatoms. The molecule has 2 aromatic rings. The van der Waals surface area contributed by atoms with Gasteiger partial charge in [-0.15, -0.1) is 11.3 Å². The lowest BCUT2D eigenvalue weighted by molar-refractivity contribution is -0.141. The number of thiophene rings is 1. The molecule has 22 heavy (non-hydrogen) atoms. The Morgan fingerprint density at radius 3 is 2.77 bits per heavy atom. The maximum absolute atomic E-state index is 13.1. The number of hydrogen-bond acceptors (Lipinski definition) is 4. The Kier molecular flexibility index (Phi) is 5.68. The van der Waals surface area contributed by atoms with Gasteiger partial charge in [0.2, 0.25) is 0 Å². The molecule has 2 rings (SSSR count). The van der Waals surface area contributed by atoms with Gasteiger partial charge in [-0.1, -0.05) is 6.07 Å². The molecule has 1 atom stereocenters. The van der Waals surface area contributed by atoms with E-state index in [0.29, 0.717) is 10.0 Å². The first-order valence-electron chi connectivity index (χ1n) is 6.37. The number of hydrogen-bond donors (Lipinski definition) is 1. The summed E-state index contributed by atoms with van der Waals surface area (Å²) in [6, 6.07) is 6.99. The zero-order valence-electron chi connectivity index (χ0n) is 11.6. The van der Waals surface area contributed by atoms with Gasteiger partial charge in [-0.25, -0.2) is 4.39 Å². The minimum atomic E-state index is -0.489. The highest BCUT2D eigenvalue weighted by Gasteiger charge is 2.21. The zero-order chi connectivity index (χ0) is 16.1. The summed E-state index contributed by atoms with van der Waals surface area (Å²) in [5, 5.41) is 4.64. The quantitative estimate of drug-likeness (QED) is 0.798. The van der Waals surface area contributed by atoms with Crippen LogP contribution in [0.5, 0.6) is 0 Å². The number of rotatable bonds is 5. The molecule has 0 aliphatic rings. The second-order valence-electron chi connectivity index (χ2n) is 4.45. The van der Waals surface area contributed by atoms with Gasteiger partial charge in [0.15, 0.2) is 0 Å². The van der Waals surface area contributed by atoms with E-state index in [4.69, 9.17) is 0 Å². The van der Waals surface area contributed by atoms with Crippen molar-refractivity contribution in [3.8, 4) is 0 Å². The van der Waals surface area contributed by atoms with Crippen LogP contribution < -0.4 is 5.32 Å². The number of halogens is 2. The maximum Gasteiger partial charge on any atom is 0.307 e. The molecule has 0 saturated heterocycles. The highest BCUT2D eigenvalue weighted by molar-refractivity contribution is 9.10. The average Bonchev–Trinajstić information content (AvgIpc) is 3.00.